The first kappa shape index (κ1) is 18.4. The third-order valence-electron chi connectivity index (χ3n) is 5.59. The monoisotopic (exact) mass is 378 g/mol. The summed E-state index contributed by atoms with van der Waals surface area (Å²) in [6.07, 6.45) is 7.26. The van der Waals surface area contributed by atoms with Crippen LogP contribution < -0.4 is 10.5 Å². The molecular weight excluding hydrogens is 352 g/mol. The molecule has 1 aliphatic carbocycles. The average Bonchev–Trinajstić information content (AvgIpc) is 3.31. The van der Waals surface area contributed by atoms with Crippen LogP contribution in [0.2, 0.25) is 0 Å². The van der Waals surface area contributed by atoms with Crippen LogP contribution in [0.15, 0.2) is 42.6 Å². The van der Waals surface area contributed by atoms with Crippen LogP contribution in [0.25, 0.3) is 22.0 Å². The quantitative estimate of drug-likeness (QED) is 0.606. The van der Waals surface area contributed by atoms with Crippen molar-refractivity contribution in [1.82, 2.24) is 4.57 Å². The highest BCUT2D eigenvalue weighted by Crippen LogP contribution is 2.40. The molecule has 0 atom stereocenters. The molecule has 0 amide bonds. The van der Waals surface area contributed by atoms with Gasteiger partial charge in [0.25, 0.3) is 0 Å². The van der Waals surface area contributed by atoms with Crippen molar-refractivity contribution < 1.29 is 14.6 Å². The summed E-state index contributed by atoms with van der Waals surface area (Å²) in [6.45, 7) is 0. The second kappa shape index (κ2) is 7.58. The molecule has 1 saturated carbocycles. The summed E-state index contributed by atoms with van der Waals surface area (Å²) in [7, 11) is 2.03. The number of nitrogens with zero attached hydrogens (tertiary/aromatic N) is 1. The summed E-state index contributed by atoms with van der Waals surface area (Å²) in [6, 6.07) is 12.3. The van der Waals surface area contributed by atoms with Crippen molar-refractivity contribution in [2.75, 3.05) is 5.73 Å². The summed E-state index contributed by atoms with van der Waals surface area (Å²) in [4.78, 5) is 11.0. The van der Waals surface area contributed by atoms with Crippen molar-refractivity contribution in [2.45, 2.75) is 44.6 Å². The van der Waals surface area contributed by atoms with Crippen molar-refractivity contribution in [3.8, 4) is 16.9 Å². The minimum atomic E-state index is -0.808. The molecule has 3 aromatic rings. The van der Waals surface area contributed by atoms with Crippen LogP contribution in [0.5, 0.6) is 5.75 Å². The van der Waals surface area contributed by atoms with Crippen molar-refractivity contribution in [3.05, 3.63) is 48.2 Å². The molecular formula is C23H26N2O3. The summed E-state index contributed by atoms with van der Waals surface area (Å²) >= 11 is 0. The standard InChI is InChI=1S/C23H26N2O3/c1-25-11-10-17-14-16(7-8-21(17)25)19-12-15(6-9-22(26)27)13-20(24)23(19)28-18-4-2-3-5-18/h7-8,10-14,18H,2-6,9,24H2,1H3,(H,26,27). The molecule has 1 aliphatic rings. The number of benzene rings is 2. The molecule has 4 rings (SSSR count). The second-order valence-corrected chi connectivity index (χ2v) is 7.68. The van der Waals surface area contributed by atoms with Crippen LogP contribution in [0, 0.1) is 0 Å². The third kappa shape index (κ3) is 3.70. The summed E-state index contributed by atoms with van der Waals surface area (Å²) in [5.74, 6) is -0.0848. The molecule has 0 saturated heterocycles. The van der Waals surface area contributed by atoms with Gasteiger partial charge in [0.1, 0.15) is 5.75 Å². The highest BCUT2D eigenvalue weighted by Gasteiger charge is 2.21. The first-order valence-electron chi connectivity index (χ1n) is 9.87. The summed E-state index contributed by atoms with van der Waals surface area (Å²) in [5, 5.41) is 10.2. The van der Waals surface area contributed by atoms with E-state index in [4.69, 9.17) is 15.6 Å². The highest BCUT2D eigenvalue weighted by molar-refractivity contribution is 5.88. The van der Waals surface area contributed by atoms with Crippen LogP contribution in [-0.4, -0.2) is 21.7 Å². The van der Waals surface area contributed by atoms with Gasteiger partial charge >= 0.3 is 5.97 Å². The molecule has 28 heavy (non-hydrogen) atoms. The average molecular weight is 378 g/mol. The Bertz CT molecular complexity index is 1020. The number of aromatic nitrogens is 1. The molecule has 1 fully saturated rings. The Balaban J connectivity index is 1.78. The van der Waals surface area contributed by atoms with E-state index in [-0.39, 0.29) is 12.5 Å². The maximum atomic E-state index is 11.0. The fraction of sp³-hybridized carbons (Fsp3) is 0.348. The molecule has 3 N–H and O–H groups in total. The van der Waals surface area contributed by atoms with Gasteiger partial charge in [0.05, 0.1) is 11.8 Å². The van der Waals surface area contributed by atoms with Crippen LogP contribution in [0.1, 0.15) is 37.7 Å². The maximum Gasteiger partial charge on any atom is 0.303 e. The number of carboxylic acids is 1. The largest absolute Gasteiger partial charge is 0.488 e. The minimum absolute atomic E-state index is 0.0828. The minimum Gasteiger partial charge on any atom is -0.488 e. The fourth-order valence-electron chi connectivity index (χ4n) is 4.08. The molecule has 0 radical (unpaired) electrons. The molecule has 1 aromatic heterocycles. The summed E-state index contributed by atoms with van der Waals surface area (Å²) in [5.41, 5.74) is 11.0. The van der Waals surface area contributed by atoms with E-state index in [0.717, 1.165) is 46.2 Å². The predicted octanol–water partition coefficient (Wildman–Crippen LogP) is 4.77. The van der Waals surface area contributed by atoms with Gasteiger partial charge in [0.2, 0.25) is 0 Å². The first-order chi connectivity index (χ1) is 13.5. The normalized spacial score (nSPS) is 14.6. The van der Waals surface area contributed by atoms with E-state index >= 15 is 0 Å². The zero-order valence-corrected chi connectivity index (χ0v) is 16.1. The van der Waals surface area contributed by atoms with Crippen LogP contribution >= 0.6 is 0 Å². The Kier molecular flexibility index (Phi) is 4.99. The molecule has 1 heterocycles. The number of hydrogen-bond acceptors (Lipinski definition) is 3. The number of rotatable bonds is 6. The number of carboxylic acid groups (broad SMARTS) is 1. The number of nitrogen functional groups attached to an aromatic ring is 1. The number of nitrogens with two attached hydrogens (primary N) is 1. The van der Waals surface area contributed by atoms with Gasteiger partial charge in [-0.1, -0.05) is 6.07 Å². The summed E-state index contributed by atoms with van der Waals surface area (Å²) < 4.78 is 8.43. The van der Waals surface area contributed by atoms with Crippen molar-refractivity contribution in [3.63, 3.8) is 0 Å². The lowest BCUT2D eigenvalue weighted by molar-refractivity contribution is -0.136. The zero-order valence-electron chi connectivity index (χ0n) is 16.1. The van der Waals surface area contributed by atoms with Crippen molar-refractivity contribution >= 4 is 22.6 Å². The zero-order chi connectivity index (χ0) is 19.7. The number of carbonyl (C=O) groups is 1. The number of aryl methyl sites for hydroxylation is 2. The molecule has 0 unspecified atom stereocenters. The number of hydrogen-bond donors (Lipinski definition) is 2. The van der Waals surface area contributed by atoms with E-state index < -0.39 is 5.97 Å². The Morgan fingerprint density at radius 1 is 1.21 bits per heavy atom. The Morgan fingerprint density at radius 3 is 2.75 bits per heavy atom. The topological polar surface area (TPSA) is 77.5 Å². The highest BCUT2D eigenvalue weighted by atomic mass is 16.5. The lowest BCUT2D eigenvalue weighted by Crippen LogP contribution is -2.13. The number of ether oxygens (including phenoxy) is 1. The number of aliphatic carboxylic acids is 1. The van der Waals surface area contributed by atoms with Gasteiger partial charge in [0.15, 0.2) is 0 Å². The molecule has 5 heteroatoms. The van der Waals surface area contributed by atoms with Gasteiger partial charge in [0, 0.05) is 36.1 Å². The first-order valence-corrected chi connectivity index (χ1v) is 9.87. The number of anilines is 1. The Labute approximate surface area is 164 Å². The predicted molar refractivity (Wildman–Crippen MR) is 112 cm³/mol. The molecule has 0 aliphatic heterocycles. The van der Waals surface area contributed by atoms with Gasteiger partial charge in [-0.15, -0.1) is 0 Å². The number of fused-ring (bicyclic) bond motifs is 1. The van der Waals surface area contributed by atoms with E-state index in [1.807, 2.05) is 25.4 Å². The molecule has 146 valence electrons. The maximum absolute atomic E-state index is 11.0. The van der Waals surface area contributed by atoms with Crippen molar-refractivity contribution in [2.24, 2.45) is 7.05 Å². The molecule has 0 bridgehead atoms. The van der Waals surface area contributed by atoms with E-state index in [9.17, 15) is 4.79 Å². The molecule has 2 aromatic carbocycles. The second-order valence-electron chi connectivity index (χ2n) is 7.68. The lowest BCUT2D eigenvalue weighted by atomic mass is 9.97. The van der Waals surface area contributed by atoms with Crippen LogP contribution in [-0.2, 0) is 18.3 Å². The lowest BCUT2D eigenvalue weighted by Gasteiger charge is -2.20. The molecule has 0 spiro atoms. The van der Waals surface area contributed by atoms with E-state index in [1.165, 1.54) is 12.8 Å². The Morgan fingerprint density at radius 2 is 2.00 bits per heavy atom. The van der Waals surface area contributed by atoms with E-state index in [2.05, 4.69) is 28.8 Å². The third-order valence-corrected chi connectivity index (χ3v) is 5.59. The fourth-order valence-corrected chi connectivity index (χ4v) is 4.08. The van der Waals surface area contributed by atoms with Crippen LogP contribution in [0.4, 0.5) is 5.69 Å². The van der Waals surface area contributed by atoms with Gasteiger partial charge < -0.3 is 20.1 Å². The van der Waals surface area contributed by atoms with Gasteiger partial charge in [-0.05, 0) is 73.6 Å². The SMILES string of the molecule is Cn1ccc2cc(-c3cc(CCC(=O)O)cc(N)c3OC3CCCC3)ccc21. The van der Waals surface area contributed by atoms with Gasteiger partial charge in [-0.3, -0.25) is 4.79 Å². The Hall–Kier alpha value is -2.95. The smallest absolute Gasteiger partial charge is 0.303 e. The van der Waals surface area contributed by atoms with Gasteiger partial charge in [-0.25, -0.2) is 0 Å². The van der Waals surface area contributed by atoms with E-state index in [0.29, 0.717) is 12.1 Å². The van der Waals surface area contributed by atoms with Crippen molar-refractivity contribution in [1.29, 1.82) is 0 Å². The van der Waals surface area contributed by atoms with Crippen LogP contribution in [0.3, 0.4) is 0 Å². The molecule has 5 nitrogen and oxygen atoms in total. The van der Waals surface area contributed by atoms with Gasteiger partial charge in [-0.2, -0.15) is 0 Å². The van der Waals surface area contributed by atoms with E-state index in [1.54, 1.807) is 0 Å².